The van der Waals surface area contributed by atoms with Crippen molar-refractivity contribution in [2.45, 2.75) is 25.8 Å². The van der Waals surface area contributed by atoms with Gasteiger partial charge in [0, 0.05) is 10.9 Å². The van der Waals surface area contributed by atoms with E-state index in [1.54, 1.807) is 5.38 Å². The summed E-state index contributed by atoms with van der Waals surface area (Å²) in [6.07, 6.45) is 1.09. The van der Waals surface area contributed by atoms with Gasteiger partial charge in [0.15, 0.2) is 16.8 Å². The van der Waals surface area contributed by atoms with Crippen LogP contribution in [0.15, 0.2) is 23.6 Å². The van der Waals surface area contributed by atoms with Gasteiger partial charge in [0.25, 0.3) is 0 Å². The van der Waals surface area contributed by atoms with E-state index in [9.17, 15) is 18.4 Å². The van der Waals surface area contributed by atoms with Gasteiger partial charge in [-0.15, -0.1) is 11.3 Å². The summed E-state index contributed by atoms with van der Waals surface area (Å²) in [7, 11) is 0. The molecule has 0 radical (unpaired) electrons. The first kappa shape index (κ1) is 18.9. The Bertz CT molecular complexity index is 767. The Morgan fingerprint density at radius 1 is 1.32 bits per heavy atom. The summed E-state index contributed by atoms with van der Waals surface area (Å²) in [4.78, 5) is 27.0. The zero-order valence-corrected chi connectivity index (χ0v) is 14.2. The van der Waals surface area contributed by atoms with E-state index >= 15 is 0 Å². The van der Waals surface area contributed by atoms with E-state index in [1.165, 1.54) is 6.07 Å². The van der Waals surface area contributed by atoms with Crippen LogP contribution in [-0.4, -0.2) is 34.6 Å². The number of carbonyl (C=O) groups excluding carboxylic acids is 1. The molecule has 0 bridgehead atoms. The van der Waals surface area contributed by atoms with Crippen molar-refractivity contribution < 1.29 is 23.5 Å². The Morgan fingerprint density at radius 2 is 2.08 bits per heavy atom. The number of benzene rings is 1. The number of nitrogens with one attached hydrogen (secondary N) is 2. The maximum absolute atomic E-state index is 13.3. The van der Waals surface area contributed by atoms with Crippen LogP contribution >= 0.6 is 11.3 Å². The van der Waals surface area contributed by atoms with Gasteiger partial charge in [0.2, 0.25) is 5.91 Å². The van der Waals surface area contributed by atoms with Gasteiger partial charge < -0.3 is 10.4 Å². The minimum absolute atomic E-state index is 0.170. The van der Waals surface area contributed by atoms with Crippen molar-refractivity contribution in [3.63, 3.8) is 0 Å². The monoisotopic (exact) mass is 369 g/mol. The molecule has 134 valence electrons. The van der Waals surface area contributed by atoms with Gasteiger partial charge in [-0.05, 0) is 24.6 Å². The first-order valence-electron chi connectivity index (χ1n) is 7.57. The molecule has 2 rings (SSSR count). The summed E-state index contributed by atoms with van der Waals surface area (Å²) in [6, 6.07) is 2.64. The molecule has 6 nitrogen and oxygen atoms in total. The van der Waals surface area contributed by atoms with Crippen LogP contribution in [0.25, 0.3) is 11.3 Å². The lowest BCUT2D eigenvalue weighted by atomic mass is 10.2. The Kier molecular flexibility index (Phi) is 6.54. The molecule has 0 saturated carbocycles. The van der Waals surface area contributed by atoms with E-state index < -0.39 is 29.6 Å². The summed E-state index contributed by atoms with van der Waals surface area (Å²) in [5.41, 5.74) is 0.796. The first-order valence-corrected chi connectivity index (χ1v) is 8.45. The highest BCUT2D eigenvalue weighted by atomic mass is 32.1. The molecule has 0 saturated heterocycles. The van der Waals surface area contributed by atoms with Gasteiger partial charge in [0.1, 0.15) is 6.04 Å². The number of halogens is 2. The molecule has 0 aliphatic carbocycles. The summed E-state index contributed by atoms with van der Waals surface area (Å²) in [5, 5.41) is 16.1. The SMILES string of the molecule is CCCC(NCC(=O)Nc1nc(-c2ccc(F)c(F)c2)cs1)C(=O)O. The molecule has 2 aromatic rings. The number of anilines is 1. The van der Waals surface area contributed by atoms with Gasteiger partial charge in [0.05, 0.1) is 12.2 Å². The van der Waals surface area contributed by atoms with Crippen molar-refractivity contribution in [3.8, 4) is 11.3 Å². The van der Waals surface area contributed by atoms with Crippen LogP contribution in [-0.2, 0) is 9.59 Å². The van der Waals surface area contributed by atoms with Gasteiger partial charge in [-0.3, -0.25) is 14.9 Å². The molecular weight excluding hydrogens is 352 g/mol. The van der Waals surface area contributed by atoms with E-state index in [0.29, 0.717) is 24.1 Å². The summed E-state index contributed by atoms with van der Waals surface area (Å²) in [5.74, 6) is -3.37. The molecule has 9 heteroatoms. The highest BCUT2D eigenvalue weighted by molar-refractivity contribution is 7.14. The Labute approximate surface area is 146 Å². The van der Waals surface area contributed by atoms with Crippen LogP contribution < -0.4 is 10.6 Å². The fourth-order valence-corrected chi connectivity index (χ4v) is 2.84. The molecule has 25 heavy (non-hydrogen) atoms. The number of thiazole rings is 1. The van der Waals surface area contributed by atoms with Gasteiger partial charge in [-0.1, -0.05) is 13.3 Å². The van der Waals surface area contributed by atoms with Crippen LogP contribution in [0.2, 0.25) is 0 Å². The number of hydrogen-bond acceptors (Lipinski definition) is 5. The zero-order valence-electron chi connectivity index (χ0n) is 13.4. The lowest BCUT2D eigenvalue weighted by molar-refractivity contribution is -0.139. The Balaban J connectivity index is 1.95. The Hall–Kier alpha value is -2.39. The largest absolute Gasteiger partial charge is 0.480 e. The predicted molar refractivity (Wildman–Crippen MR) is 90.4 cm³/mol. The number of rotatable bonds is 8. The smallest absolute Gasteiger partial charge is 0.320 e. The average molecular weight is 369 g/mol. The highest BCUT2D eigenvalue weighted by Gasteiger charge is 2.17. The van der Waals surface area contributed by atoms with Crippen molar-refractivity contribution in [2.75, 3.05) is 11.9 Å². The van der Waals surface area contributed by atoms with Gasteiger partial charge in [-0.25, -0.2) is 13.8 Å². The minimum atomic E-state index is -1.01. The second-order valence-electron chi connectivity index (χ2n) is 5.28. The van der Waals surface area contributed by atoms with E-state index in [1.807, 2.05) is 6.92 Å². The van der Waals surface area contributed by atoms with Crippen LogP contribution in [0.5, 0.6) is 0 Å². The third-order valence-corrected chi connectivity index (χ3v) is 4.11. The molecule has 1 aromatic heterocycles. The number of amides is 1. The van der Waals surface area contributed by atoms with E-state index in [-0.39, 0.29) is 11.7 Å². The number of carbonyl (C=O) groups is 2. The van der Waals surface area contributed by atoms with E-state index in [4.69, 9.17) is 5.11 Å². The molecule has 1 amide bonds. The third-order valence-electron chi connectivity index (χ3n) is 3.35. The fraction of sp³-hybridized carbons (Fsp3) is 0.312. The minimum Gasteiger partial charge on any atom is -0.480 e. The maximum Gasteiger partial charge on any atom is 0.320 e. The molecule has 0 spiro atoms. The van der Waals surface area contributed by atoms with Crippen LogP contribution in [0.3, 0.4) is 0 Å². The number of carboxylic acids is 1. The van der Waals surface area contributed by atoms with Crippen molar-refractivity contribution in [1.82, 2.24) is 10.3 Å². The number of hydrogen-bond donors (Lipinski definition) is 3. The molecule has 1 atom stereocenters. The van der Waals surface area contributed by atoms with Gasteiger partial charge in [-0.2, -0.15) is 0 Å². The quantitative estimate of drug-likeness (QED) is 0.666. The van der Waals surface area contributed by atoms with Gasteiger partial charge >= 0.3 is 5.97 Å². The van der Waals surface area contributed by atoms with E-state index in [2.05, 4.69) is 15.6 Å². The molecular formula is C16H17F2N3O3S. The molecule has 3 N–H and O–H groups in total. The number of aliphatic carboxylic acids is 1. The maximum atomic E-state index is 13.3. The summed E-state index contributed by atoms with van der Waals surface area (Å²) in [6.45, 7) is 1.68. The second kappa shape index (κ2) is 8.63. The van der Waals surface area contributed by atoms with Crippen LogP contribution in [0.4, 0.5) is 13.9 Å². The average Bonchev–Trinajstić information content (AvgIpc) is 3.02. The topological polar surface area (TPSA) is 91.3 Å². The molecule has 0 aliphatic rings. The fourth-order valence-electron chi connectivity index (χ4n) is 2.10. The summed E-state index contributed by atoms with van der Waals surface area (Å²) < 4.78 is 26.2. The van der Waals surface area contributed by atoms with Crippen molar-refractivity contribution >= 4 is 28.3 Å². The number of aromatic nitrogens is 1. The number of nitrogens with zero attached hydrogens (tertiary/aromatic N) is 1. The second-order valence-corrected chi connectivity index (χ2v) is 6.13. The normalized spacial score (nSPS) is 12.0. The molecule has 0 aliphatic heterocycles. The molecule has 1 unspecified atom stereocenters. The predicted octanol–water partition coefficient (Wildman–Crippen LogP) is 2.87. The molecule has 1 aromatic carbocycles. The van der Waals surface area contributed by atoms with Crippen molar-refractivity contribution in [1.29, 1.82) is 0 Å². The lowest BCUT2D eigenvalue weighted by Gasteiger charge is -2.12. The van der Waals surface area contributed by atoms with Crippen molar-refractivity contribution in [3.05, 3.63) is 35.2 Å². The first-order chi connectivity index (χ1) is 11.9. The zero-order chi connectivity index (χ0) is 18.4. The highest BCUT2D eigenvalue weighted by Crippen LogP contribution is 2.26. The van der Waals surface area contributed by atoms with Crippen LogP contribution in [0.1, 0.15) is 19.8 Å². The van der Waals surface area contributed by atoms with E-state index in [0.717, 1.165) is 23.5 Å². The lowest BCUT2D eigenvalue weighted by Crippen LogP contribution is -2.41. The molecule has 1 heterocycles. The third kappa shape index (κ3) is 5.30. The standard InChI is InChI=1S/C16H17F2N3O3S/c1-2-3-12(15(23)24)19-7-14(22)21-16-20-13(8-25-16)9-4-5-10(17)11(18)6-9/h4-6,8,12,19H,2-3,7H2,1H3,(H,23,24)(H,20,21,22). The number of carboxylic acid groups (broad SMARTS) is 1. The van der Waals surface area contributed by atoms with Crippen molar-refractivity contribution in [2.24, 2.45) is 0 Å². The molecule has 0 fully saturated rings. The Morgan fingerprint density at radius 3 is 2.72 bits per heavy atom. The summed E-state index contributed by atoms with van der Waals surface area (Å²) >= 11 is 1.13. The van der Waals surface area contributed by atoms with Crippen LogP contribution in [0, 0.1) is 11.6 Å².